The van der Waals surface area contributed by atoms with E-state index in [0.717, 1.165) is 0 Å². The topological polar surface area (TPSA) is 74.4 Å². The molecule has 0 radical (unpaired) electrons. The van der Waals surface area contributed by atoms with Gasteiger partial charge in [-0.25, -0.2) is 4.98 Å². The van der Waals surface area contributed by atoms with E-state index in [1.807, 2.05) is 0 Å². The van der Waals surface area contributed by atoms with Gasteiger partial charge in [-0.15, -0.1) is 0 Å². The fourth-order valence-electron chi connectivity index (χ4n) is 1.21. The molecule has 0 saturated carbocycles. The molecule has 0 spiro atoms. The van der Waals surface area contributed by atoms with E-state index in [4.69, 9.17) is 15.2 Å². The van der Waals surface area contributed by atoms with Crippen molar-refractivity contribution in [1.29, 1.82) is 0 Å². The lowest BCUT2D eigenvalue weighted by Gasteiger charge is -2.11. The lowest BCUT2D eigenvalue weighted by Crippen LogP contribution is -2.27. The molecule has 0 aliphatic rings. The smallest absolute Gasteiger partial charge is 0.257 e. The van der Waals surface area contributed by atoms with Crippen LogP contribution < -0.4 is 15.2 Å². The van der Waals surface area contributed by atoms with E-state index >= 15 is 0 Å². The second kappa shape index (κ2) is 4.75. The molecule has 1 heterocycles. The number of ketones is 1. The predicted octanol–water partition coefficient (Wildman–Crippen LogP) is 0.629. The molecule has 2 N–H and O–H groups in total. The first-order valence-electron chi connectivity index (χ1n) is 4.48. The number of nitrogens with zero attached hydrogens (tertiary/aromatic N) is 1. The highest BCUT2D eigenvalue weighted by atomic mass is 16.5. The Morgan fingerprint density at radius 3 is 2.60 bits per heavy atom. The summed E-state index contributed by atoms with van der Waals surface area (Å²) in [7, 11) is 2.92. The number of hydrogen-bond donors (Lipinski definition) is 1. The van der Waals surface area contributed by atoms with Crippen molar-refractivity contribution in [1.82, 2.24) is 4.98 Å². The van der Waals surface area contributed by atoms with E-state index in [0.29, 0.717) is 11.3 Å². The molecule has 0 aliphatic carbocycles. The summed E-state index contributed by atoms with van der Waals surface area (Å²) in [6.45, 7) is 1.62. The van der Waals surface area contributed by atoms with Crippen LogP contribution in [-0.2, 0) is 0 Å². The maximum Gasteiger partial charge on any atom is 0.257 e. The number of ether oxygens (including phenoxy) is 2. The van der Waals surface area contributed by atoms with Crippen molar-refractivity contribution in [3.63, 3.8) is 0 Å². The number of rotatable bonds is 4. The molecular weight excluding hydrogens is 196 g/mol. The van der Waals surface area contributed by atoms with Crippen molar-refractivity contribution < 1.29 is 14.3 Å². The van der Waals surface area contributed by atoms with Gasteiger partial charge < -0.3 is 15.2 Å². The molecule has 1 aromatic rings. The van der Waals surface area contributed by atoms with Crippen LogP contribution in [0.5, 0.6) is 11.6 Å². The van der Waals surface area contributed by atoms with Gasteiger partial charge in [0.2, 0.25) is 0 Å². The lowest BCUT2D eigenvalue weighted by atomic mass is 10.1. The van der Waals surface area contributed by atoms with Gasteiger partial charge in [0.05, 0.1) is 25.8 Å². The van der Waals surface area contributed by atoms with Crippen LogP contribution in [0.4, 0.5) is 0 Å². The monoisotopic (exact) mass is 210 g/mol. The number of hydrogen-bond acceptors (Lipinski definition) is 5. The number of carbonyl (C=O) groups excluding carboxylic acids is 1. The molecule has 0 bridgehead atoms. The maximum atomic E-state index is 11.7. The molecule has 0 aliphatic heterocycles. The molecule has 5 heteroatoms. The normalized spacial score (nSPS) is 12.0. The molecule has 1 atom stereocenters. The zero-order valence-corrected chi connectivity index (χ0v) is 8.98. The summed E-state index contributed by atoms with van der Waals surface area (Å²) in [6.07, 6.45) is 1.48. The van der Waals surface area contributed by atoms with Gasteiger partial charge in [-0.3, -0.25) is 4.79 Å². The van der Waals surface area contributed by atoms with Crippen LogP contribution in [0.3, 0.4) is 0 Å². The molecule has 0 amide bonds. The zero-order chi connectivity index (χ0) is 11.4. The van der Waals surface area contributed by atoms with Crippen LogP contribution in [0.2, 0.25) is 0 Å². The van der Waals surface area contributed by atoms with Gasteiger partial charge in [-0.1, -0.05) is 0 Å². The molecule has 1 rings (SSSR count). The number of pyridine rings is 1. The average molecular weight is 210 g/mol. The van der Waals surface area contributed by atoms with Crippen LogP contribution in [0.15, 0.2) is 12.3 Å². The fourth-order valence-corrected chi connectivity index (χ4v) is 1.21. The number of aromatic nitrogens is 1. The molecule has 0 saturated heterocycles. The van der Waals surface area contributed by atoms with Crippen LogP contribution in [0, 0.1) is 0 Å². The Balaban J connectivity index is 3.23. The summed E-state index contributed by atoms with van der Waals surface area (Å²) >= 11 is 0. The standard InChI is InChI=1S/C10H14N2O3/c1-6(11)8(13)7-4-5-12-10(15-3)9(7)14-2/h4-6H,11H2,1-3H3. The summed E-state index contributed by atoms with van der Waals surface area (Å²) < 4.78 is 10.1. The van der Waals surface area contributed by atoms with Crippen molar-refractivity contribution in [2.45, 2.75) is 13.0 Å². The Hall–Kier alpha value is -1.62. The number of Topliss-reactive ketones (excluding diaryl/α,β-unsaturated/α-hetero) is 1. The summed E-state index contributed by atoms with van der Waals surface area (Å²) in [5, 5.41) is 0. The molecule has 1 aromatic heterocycles. The summed E-state index contributed by atoms with van der Waals surface area (Å²) in [5.41, 5.74) is 5.91. The van der Waals surface area contributed by atoms with Crippen molar-refractivity contribution >= 4 is 5.78 Å². The minimum atomic E-state index is -0.578. The number of carbonyl (C=O) groups is 1. The Morgan fingerprint density at radius 1 is 1.47 bits per heavy atom. The minimum absolute atomic E-state index is 0.201. The van der Waals surface area contributed by atoms with E-state index in [1.165, 1.54) is 20.4 Å². The third-order valence-corrected chi connectivity index (χ3v) is 1.95. The zero-order valence-electron chi connectivity index (χ0n) is 8.98. The first kappa shape index (κ1) is 11.5. The fraction of sp³-hybridized carbons (Fsp3) is 0.400. The second-order valence-electron chi connectivity index (χ2n) is 3.05. The van der Waals surface area contributed by atoms with E-state index < -0.39 is 6.04 Å². The Bertz CT molecular complexity index is 364. The van der Waals surface area contributed by atoms with Crippen LogP contribution >= 0.6 is 0 Å². The van der Waals surface area contributed by atoms with Gasteiger partial charge in [-0.2, -0.15) is 0 Å². The predicted molar refractivity (Wildman–Crippen MR) is 55.3 cm³/mol. The van der Waals surface area contributed by atoms with Crippen molar-refractivity contribution in [3.8, 4) is 11.6 Å². The van der Waals surface area contributed by atoms with Gasteiger partial charge in [0.15, 0.2) is 11.5 Å². The Kier molecular flexibility index (Phi) is 3.62. The Morgan fingerprint density at radius 2 is 2.13 bits per heavy atom. The van der Waals surface area contributed by atoms with E-state index in [-0.39, 0.29) is 11.7 Å². The molecule has 15 heavy (non-hydrogen) atoms. The van der Waals surface area contributed by atoms with Crippen molar-refractivity contribution in [3.05, 3.63) is 17.8 Å². The molecule has 0 aromatic carbocycles. The highest BCUT2D eigenvalue weighted by Gasteiger charge is 2.19. The maximum absolute atomic E-state index is 11.7. The van der Waals surface area contributed by atoms with E-state index in [9.17, 15) is 4.79 Å². The van der Waals surface area contributed by atoms with Crippen LogP contribution in [0.1, 0.15) is 17.3 Å². The molecular formula is C10H14N2O3. The van der Waals surface area contributed by atoms with Crippen molar-refractivity contribution in [2.75, 3.05) is 14.2 Å². The van der Waals surface area contributed by atoms with E-state index in [1.54, 1.807) is 13.0 Å². The van der Waals surface area contributed by atoms with Crippen LogP contribution in [-0.4, -0.2) is 31.0 Å². The van der Waals surface area contributed by atoms with Gasteiger partial charge >= 0.3 is 0 Å². The third-order valence-electron chi connectivity index (χ3n) is 1.95. The Labute approximate surface area is 88.2 Å². The number of methoxy groups -OCH3 is 2. The third kappa shape index (κ3) is 2.24. The van der Waals surface area contributed by atoms with E-state index in [2.05, 4.69) is 4.98 Å². The molecule has 82 valence electrons. The van der Waals surface area contributed by atoms with Gasteiger partial charge in [-0.05, 0) is 13.0 Å². The highest BCUT2D eigenvalue weighted by molar-refractivity contribution is 6.02. The first-order valence-corrected chi connectivity index (χ1v) is 4.48. The minimum Gasteiger partial charge on any atom is -0.491 e. The highest BCUT2D eigenvalue weighted by Crippen LogP contribution is 2.28. The summed E-state index contributed by atoms with van der Waals surface area (Å²) in [5.74, 6) is 0.402. The van der Waals surface area contributed by atoms with Gasteiger partial charge in [0.25, 0.3) is 5.88 Å². The SMILES string of the molecule is COc1nccc(C(=O)C(C)N)c1OC. The van der Waals surface area contributed by atoms with Gasteiger partial charge in [0, 0.05) is 6.20 Å². The van der Waals surface area contributed by atoms with Crippen LogP contribution in [0.25, 0.3) is 0 Å². The largest absolute Gasteiger partial charge is 0.491 e. The quantitative estimate of drug-likeness (QED) is 0.738. The molecule has 1 unspecified atom stereocenters. The summed E-state index contributed by atoms with van der Waals surface area (Å²) in [6, 6.07) is 0.985. The number of nitrogens with two attached hydrogens (primary N) is 1. The molecule has 5 nitrogen and oxygen atoms in total. The second-order valence-corrected chi connectivity index (χ2v) is 3.05. The molecule has 0 fully saturated rings. The summed E-state index contributed by atoms with van der Waals surface area (Å²) in [4.78, 5) is 15.6. The average Bonchev–Trinajstić information content (AvgIpc) is 2.26. The van der Waals surface area contributed by atoms with Gasteiger partial charge in [0.1, 0.15) is 0 Å². The van der Waals surface area contributed by atoms with Crippen molar-refractivity contribution in [2.24, 2.45) is 5.73 Å². The first-order chi connectivity index (χ1) is 7.11. The lowest BCUT2D eigenvalue weighted by molar-refractivity contribution is 0.0964.